The minimum Gasteiger partial charge on any atom is -0.370 e. The molecule has 0 aliphatic rings. The maximum Gasteiger partial charge on any atom is 0.325 e. The highest BCUT2D eigenvalue weighted by atomic mass is 35.5. The summed E-state index contributed by atoms with van der Waals surface area (Å²) < 4.78 is 10.9. The SMILES string of the molecule is O=P(O)(O)CCCNc1cc(-c2cn[nH]c2)c2ccc(Cl)c(Cl)c2n1. The predicted octanol–water partition coefficient (Wildman–Crippen LogP) is 3.91. The number of H-pyrrole nitrogens is 1. The van der Waals surface area contributed by atoms with Crippen molar-refractivity contribution in [3.8, 4) is 11.1 Å². The molecule has 10 heteroatoms. The van der Waals surface area contributed by atoms with Crippen LogP contribution in [0.5, 0.6) is 0 Å². The molecule has 0 radical (unpaired) electrons. The molecule has 4 N–H and O–H groups in total. The van der Waals surface area contributed by atoms with Crippen LogP contribution < -0.4 is 5.32 Å². The van der Waals surface area contributed by atoms with E-state index in [-0.39, 0.29) is 6.16 Å². The van der Waals surface area contributed by atoms with Crippen LogP contribution in [0.2, 0.25) is 10.0 Å². The number of hydrogen-bond acceptors (Lipinski definition) is 4. The van der Waals surface area contributed by atoms with Gasteiger partial charge in [0.15, 0.2) is 0 Å². The lowest BCUT2D eigenvalue weighted by molar-refractivity contribution is 0.372. The van der Waals surface area contributed by atoms with Crippen molar-refractivity contribution in [3.05, 3.63) is 40.6 Å². The van der Waals surface area contributed by atoms with Crippen LogP contribution in [-0.4, -0.2) is 37.7 Å². The third-order valence-electron chi connectivity index (χ3n) is 3.61. The Hall–Kier alpha value is -1.63. The van der Waals surface area contributed by atoms with E-state index < -0.39 is 7.60 Å². The predicted molar refractivity (Wildman–Crippen MR) is 99.4 cm³/mol. The smallest absolute Gasteiger partial charge is 0.325 e. The lowest BCUT2D eigenvalue weighted by Crippen LogP contribution is -2.06. The lowest BCUT2D eigenvalue weighted by atomic mass is 10.0. The van der Waals surface area contributed by atoms with Gasteiger partial charge in [-0.05, 0) is 24.1 Å². The molecule has 1 aromatic carbocycles. The maximum atomic E-state index is 10.9. The first-order valence-corrected chi connectivity index (χ1v) is 9.97. The molecule has 0 aliphatic carbocycles. The monoisotopic (exact) mass is 400 g/mol. The van der Waals surface area contributed by atoms with Gasteiger partial charge >= 0.3 is 7.60 Å². The second-order valence-corrected chi connectivity index (χ2v) is 8.03. The Morgan fingerprint density at radius 2 is 2.08 bits per heavy atom. The van der Waals surface area contributed by atoms with E-state index in [1.54, 1.807) is 18.5 Å². The summed E-state index contributed by atoms with van der Waals surface area (Å²) in [4.78, 5) is 22.3. The number of halogens is 2. The van der Waals surface area contributed by atoms with Crippen LogP contribution in [0.1, 0.15) is 6.42 Å². The van der Waals surface area contributed by atoms with Gasteiger partial charge in [-0.15, -0.1) is 0 Å². The number of aromatic nitrogens is 3. The summed E-state index contributed by atoms with van der Waals surface area (Å²) in [6.45, 7) is 0.368. The maximum absolute atomic E-state index is 10.9. The molecule has 132 valence electrons. The quantitative estimate of drug-likeness (QED) is 0.368. The Bertz CT molecular complexity index is 944. The van der Waals surface area contributed by atoms with Crippen molar-refractivity contribution < 1.29 is 14.4 Å². The van der Waals surface area contributed by atoms with Gasteiger partial charge in [0, 0.05) is 23.7 Å². The first-order chi connectivity index (χ1) is 11.8. The van der Waals surface area contributed by atoms with E-state index in [4.69, 9.17) is 33.0 Å². The van der Waals surface area contributed by atoms with Crippen molar-refractivity contribution in [2.75, 3.05) is 18.0 Å². The Morgan fingerprint density at radius 1 is 1.28 bits per heavy atom. The average molecular weight is 401 g/mol. The summed E-state index contributed by atoms with van der Waals surface area (Å²) in [5.41, 5.74) is 2.28. The highest BCUT2D eigenvalue weighted by Gasteiger charge is 2.14. The van der Waals surface area contributed by atoms with E-state index in [2.05, 4.69) is 20.5 Å². The molecule has 0 bridgehead atoms. The fourth-order valence-corrected chi connectivity index (χ4v) is 3.39. The Morgan fingerprint density at radius 3 is 2.76 bits per heavy atom. The number of nitrogens with zero attached hydrogens (tertiary/aromatic N) is 2. The van der Waals surface area contributed by atoms with Gasteiger partial charge in [-0.25, -0.2) is 4.98 Å². The van der Waals surface area contributed by atoms with Gasteiger partial charge in [0.05, 0.1) is 27.9 Å². The molecule has 3 rings (SSSR count). The molecule has 3 aromatic rings. The van der Waals surface area contributed by atoms with Gasteiger partial charge in [0.1, 0.15) is 5.82 Å². The third-order valence-corrected chi connectivity index (χ3v) is 5.31. The fraction of sp³-hybridized carbons (Fsp3) is 0.200. The van der Waals surface area contributed by atoms with E-state index in [1.807, 2.05) is 12.1 Å². The van der Waals surface area contributed by atoms with E-state index in [9.17, 15) is 4.57 Å². The molecular formula is C15H15Cl2N4O3P. The van der Waals surface area contributed by atoms with Crippen LogP contribution in [0.25, 0.3) is 22.0 Å². The normalized spacial score (nSPS) is 11.8. The lowest BCUT2D eigenvalue weighted by Gasteiger charge is -2.12. The van der Waals surface area contributed by atoms with Crippen LogP contribution in [0.3, 0.4) is 0 Å². The van der Waals surface area contributed by atoms with Gasteiger partial charge < -0.3 is 15.1 Å². The van der Waals surface area contributed by atoms with E-state index in [1.165, 1.54) is 0 Å². The minimum absolute atomic E-state index is 0.186. The van der Waals surface area contributed by atoms with E-state index >= 15 is 0 Å². The summed E-state index contributed by atoms with van der Waals surface area (Å²) in [5.74, 6) is 0.540. The summed E-state index contributed by atoms with van der Waals surface area (Å²) >= 11 is 12.4. The zero-order valence-corrected chi connectivity index (χ0v) is 15.3. The first-order valence-electron chi connectivity index (χ1n) is 7.41. The minimum atomic E-state index is -4.00. The van der Waals surface area contributed by atoms with Crippen molar-refractivity contribution in [2.24, 2.45) is 0 Å². The molecular weight excluding hydrogens is 386 g/mol. The fourth-order valence-electron chi connectivity index (χ4n) is 2.46. The summed E-state index contributed by atoms with van der Waals surface area (Å²) in [7, 11) is -4.00. The van der Waals surface area contributed by atoms with Crippen LogP contribution in [0.15, 0.2) is 30.6 Å². The number of pyridine rings is 1. The van der Waals surface area contributed by atoms with E-state index in [0.29, 0.717) is 34.3 Å². The van der Waals surface area contributed by atoms with Gasteiger partial charge in [0.2, 0.25) is 0 Å². The highest BCUT2D eigenvalue weighted by Crippen LogP contribution is 2.37. The molecule has 2 aromatic heterocycles. The first kappa shape index (κ1) is 18.2. The molecule has 0 amide bonds. The Balaban J connectivity index is 1.96. The number of benzene rings is 1. The second-order valence-electron chi connectivity index (χ2n) is 5.47. The van der Waals surface area contributed by atoms with Crippen molar-refractivity contribution in [2.45, 2.75) is 6.42 Å². The molecule has 0 saturated carbocycles. The number of rotatable bonds is 6. The van der Waals surface area contributed by atoms with Gasteiger partial charge in [-0.2, -0.15) is 5.10 Å². The number of hydrogen-bond donors (Lipinski definition) is 4. The molecule has 0 atom stereocenters. The number of fused-ring (bicyclic) bond motifs is 1. The highest BCUT2D eigenvalue weighted by molar-refractivity contribution is 7.51. The summed E-state index contributed by atoms with van der Waals surface area (Å²) in [6, 6.07) is 5.40. The second kappa shape index (κ2) is 7.32. The van der Waals surface area contributed by atoms with Crippen LogP contribution in [-0.2, 0) is 4.57 Å². The van der Waals surface area contributed by atoms with Crippen molar-refractivity contribution in [3.63, 3.8) is 0 Å². The number of anilines is 1. The number of nitrogens with one attached hydrogen (secondary N) is 2. The summed E-state index contributed by atoms with van der Waals surface area (Å²) in [5, 5.41) is 11.4. The van der Waals surface area contributed by atoms with Gasteiger partial charge in [0.25, 0.3) is 0 Å². The molecule has 0 unspecified atom stereocenters. The standard InChI is InChI=1S/C15H15Cl2N4O3P/c16-12-3-2-10-11(9-7-19-20-8-9)6-13(21-15(10)14(12)17)18-4-1-5-25(22,23)24/h2-3,6-8H,1,4-5H2,(H,18,21)(H,19,20)(H2,22,23,24). The molecule has 25 heavy (non-hydrogen) atoms. The van der Waals surface area contributed by atoms with Crippen molar-refractivity contribution >= 4 is 47.5 Å². The molecule has 0 spiro atoms. The van der Waals surface area contributed by atoms with Crippen LogP contribution in [0.4, 0.5) is 5.82 Å². The zero-order valence-electron chi connectivity index (χ0n) is 12.9. The van der Waals surface area contributed by atoms with Gasteiger partial charge in [-0.3, -0.25) is 9.66 Å². The topological polar surface area (TPSA) is 111 Å². The summed E-state index contributed by atoms with van der Waals surface area (Å²) in [6.07, 6.45) is 3.58. The van der Waals surface area contributed by atoms with Crippen LogP contribution >= 0.6 is 30.8 Å². The van der Waals surface area contributed by atoms with Crippen molar-refractivity contribution in [1.82, 2.24) is 15.2 Å². The van der Waals surface area contributed by atoms with Gasteiger partial charge in [-0.1, -0.05) is 29.3 Å². The van der Waals surface area contributed by atoms with Crippen molar-refractivity contribution in [1.29, 1.82) is 0 Å². The molecule has 2 heterocycles. The van der Waals surface area contributed by atoms with Crippen LogP contribution in [0, 0.1) is 0 Å². The third kappa shape index (κ3) is 4.32. The Labute approximate surface area is 153 Å². The average Bonchev–Trinajstić information content (AvgIpc) is 3.08. The molecule has 7 nitrogen and oxygen atoms in total. The van der Waals surface area contributed by atoms with E-state index in [0.717, 1.165) is 16.5 Å². The Kier molecular flexibility index (Phi) is 5.32. The molecule has 0 aliphatic heterocycles. The number of aromatic amines is 1. The zero-order chi connectivity index (χ0) is 18.0. The molecule has 0 saturated heterocycles. The largest absolute Gasteiger partial charge is 0.370 e. The molecule has 0 fully saturated rings.